The zero-order valence-electron chi connectivity index (χ0n) is 17.6. The predicted octanol–water partition coefficient (Wildman–Crippen LogP) is 4.83. The summed E-state index contributed by atoms with van der Waals surface area (Å²) in [6.45, 7) is 3.81. The SMILES string of the molecule is C[C@H]1CC2CC(S(=O)(=O)c3cc(C(=O)Nc4ccc(F)c(F)c4)ccc3Cl)CC1[C@]2(C)O. The second kappa shape index (κ2) is 8.08. The van der Waals surface area contributed by atoms with E-state index in [1.54, 1.807) is 6.92 Å². The molecule has 2 N–H and O–H groups in total. The number of hydrogen-bond acceptors (Lipinski definition) is 4. The van der Waals surface area contributed by atoms with Crippen LogP contribution in [0.3, 0.4) is 0 Å². The van der Waals surface area contributed by atoms with Crippen molar-refractivity contribution in [2.24, 2.45) is 17.8 Å². The highest BCUT2D eigenvalue weighted by atomic mass is 35.5. The van der Waals surface area contributed by atoms with Crippen molar-refractivity contribution >= 4 is 33.0 Å². The van der Waals surface area contributed by atoms with E-state index in [1.165, 1.54) is 24.3 Å². The third kappa shape index (κ3) is 3.93. The summed E-state index contributed by atoms with van der Waals surface area (Å²) in [5.74, 6) is -2.85. The Morgan fingerprint density at radius 2 is 1.84 bits per heavy atom. The summed E-state index contributed by atoms with van der Waals surface area (Å²) < 4.78 is 53.5. The second-order valence-electron chi connectivity index (χ2n) is 9.11. The molecule has 2 saturated carbocycles. The average molecular weight is 484 g/mol. The number of aliphatic hydroxyl groups is 1. The number of fused-ring (bicyclic) bond motifs is 2. The van der Waals surface area contributed by atoms with Gasteiger partial charge < -0.3 is 10.4 Å². The van der Waals surface area contributed by atoms with E-state index in [9.17, 15) is 27.1 Å². The molecule has 0 saturated heterocycles. The minimum atomic E-state index is -3.87. The second-order valence-corrected chi connectivity index (χ2v) is 11.7. The number of sulfone groups is 1. The van der Waals surface area contributed by atoms with Gasteiger partial charge in [0.15, 0.2) is 21.5 Å². The number of carbonyl (C=O) groups excluding carboxylic acids is 1. The fourth-order valence-electron chi connectivity index (χ4n) is 5.31. The van der Waals surface area contributed by atoms with Crippen LogP contribution in [0.25, 0.3) is 0 Å². The van der Waals surface area contributed by atoms with E-state index in [0.717, 1.165) is 18.6 Å². The van der Waals surface area contributed by atoms with Crippen LogP contribution in [0.5, 0.6) is 0 Å². The van der Waals surface area contributed by atoms with Gasteiger partial charge in [-0.15, -0.1) is 0 Å². The normalized spacial score (nSPS) is 29.7. The maximum atomic E-state index is 13.5. The lowest BCUT2D eigenvalue weighted by molar-refractivity contribution is -0.0466. The third-order valence-corrected chi connectivity index (χ3v) is 9.76. The molecule has 2 aromatic rings. The van der Waals surface area contributed by atoms with Crippen LogP contribution in [-0.4, -0.2) is 30.3 Å². The van der Waals surface area contributed by atoms with Crippen LogP contribution in [-0.2, 0) is 9.84 Å². The molecule has 32 heavy (non-hydrogen) atoms. The molecular formula is C23H24ClF2NO4S. The van der Waals surface area contributed by atoms with Crippen molar-refractivity contribution in [3.8, 4) is 0 Å². The van der Waals surface area contributed by atoms with E-state index in [4.69, 9.17) is 11.6 Å². The summed E-state index contributed by atoms with van der Waals surface area (Å²) in [4.78, 5) is 12.5. The number of amides is 1. The average Bonchev–Trinajstić information content (AvgIpc) is 2.84. The predicted molar refractivity (Wildman–Crippen MR) is 117 cm³/mol. The van der Waals surface area contributed by atoms with Gasteiger partial charge >= 0.3 is 0 Å². The van der Waals surface area contributed by atoms with Crippen LogP contribution in [0.4, 0.5) is 14.5 Å². The first-order valence-electron chi connectivity index (χ1n) is 10.4. The van der Waals surface area contributed by atoms with Gasteiger partial charge in [-0.1, -0.05) is 18.5 Å². The number of halogens is 3. The van der Waals surface area contributed by atoms with Gasteiger partial charge in [0.2, 0.25) is 0 Å². The molecule has 0 aliphatic heterocycles. The Morgan fingerprint density at radius 1 is 1.12 bits per heavy atom. The van der Waals surface area contributed by atoms with Gasteiger partial charge in [-0.3, -0.25) is 4.79 Å². The summed E-state index contributed by atoms with van der Waals surface area (Å²) in [6, 6.07) is 6.85. The van der Waals surface area contributed by atoms with Gasteiger partial charge in [0.05, 0.1) is 20.8 Å². The van der Waals surface area contributed by atoms with Gasteiger partial charge in [0, 0.05) is 17.3 Å². The molecule has 3 unspecified atom stereocenters. The van der Waals surface area contributed by atoms with E-state index in [-0.39, 0.29) is 38.9 Å². The lowest BCUT2D eigenvalue weighted by atomic mass is 9.74. The van der Waals surface area contributed by atoms with Crippen LogP contribution >= 0.6 is 11.6 Å². The monoisotopic (exact) mass is 483 g/mol. The van der Waals surface area contributed by atoms with E-state index in [0.29, 0.717) is 12.8 Å². The van der Waals surface area contributed by atoms with Crippen LogP contribution in [0, 0.1) is 29.4 Å². The largest absolute Gasteiger partial charge is 0.390 e. The standard InChI is InChI=1S/C23H24ClF2NO4S/c1-12-7-14-9-16(11-17(12)23(14,2)29)32(30,31)21-8-13(3-5-18(21)24)22(28)27-15-4-6-19(25)20(26)10-15/h3-6,8,10,12,14,16-17,29H,7,9,11H2,1-2H3,(H,27,28)/t12-,14?,16?,17?,23+/m0/s1. The zero-order chi connectivity index (χ0) is 23.4. The van der Waals surface area contributed by atoms with Gasteiger partial charge in [-0.05, 0) is 74.3 Å². The number of nitrogens with one attached hydrogen (secondary N) is 1. The fraction of sp³-hybridized carbons (Fsp3) is 0.435. The number of rotatable bonds is 4. The van der Waals surface area contributed by atoms with Crippen molar-refractivity contribution < 1.29 is 27.1 Å². The molecule has 0 heterocycles. The van der Waals surface area contributed by atoms with Crippen LogP contribution in [0.2, 0.25) is 5.02 Å². The van der Waals surface area contributed by atoms with E-state index in [1.807, 2.05) is 6.92 Å². The lowest BCUT2D eigenvalue weighted by Crippen LogP contribution is -2.46. The van der Waals surface area contributed by atoms with Crippen LogP contribution < -0.4 is 5.32 Å². The molecule has 1 amide bonds. The highest BCUT2D eigenvalue weighted by molar-refractivity contribution is 7.92. The van der Waals surface area contributed by atoms with Crippen molar-refractivity contribution in [1.29, 1.82) is 0 Å². The molecule has 5 nitrogen and oxygen atoms in total. The highest BCUT2D eigenvalue weighted by Gasteiger charge is 2.56. The van der Waals surface area contributed by atoms with Crippen LogP contribution in [0.15, 0.2) is 41.3 Å². The van der Waals surface area contributed by atoms with Crippen molar-refractivity contribution in [2.75, 3.05) is 5.32 Å². The first-order chi connectivity index (χ1) is 14.9. The summed E-state index contributed by atoms with van der Waals surface area (Å²) in [5.41, 5.74) is -0.827. The number of benzene rings is 2. The molecule has 2 bridgehead atoms. The maximum absolute atomic E-state index is 13.5. The van der Waals surface area contributed by atoms with Crippen LogP contribution in [0.1, 0.15) is 43.5 Å². The van der Waals surface area contributed by atoms with E-state index < -0.39 is 38.2 Å². The number of carbonyl (C=O) groups is 1. The quantitative estimate of drug-likeness (QED) is 0.652. The first-order valence-corrected chi connectivity index (χ1v) is 12.4. The molecular weight excluding hydrogens is 460 g/mol. The molecule has 2 aliphatic carbocycles. The first kappa shape index (κ1) is 23.1. The Hall–Kier alpha value is -2.03. The van der Waals surface area contributed by atoms with Crippen molar-refractivity contribution in [1.82, 2.24) is 0 Å². The molecule has 172 valence electrons. The van der Waals surface area contributed by atoms with Gasteiger partial charge in [0.1, 0.15) is 0 Å². The smallest absolute Gasteiger partial charge is 0.255 e. The molecule has 0 radical (unpaired) electrons. The van der Waals surface area contributed by atoms with Gasteiger partial charge in [0.25, 0.3) is 5.91 Å². The highest BCUT2D eigenvalue weighted by Crippen LogP contribution is 2.54. The molecule has 0 spiro atoms. The molecule has 5 atom stereocenters. The van der Waals surface area contributed by atoms with Gasteiger partial charge in [-0.25, -0.2) is 17.2 Å². The molecule has 2 aliphatic rings. The maximum Gasteiger partial charge on any atom is 0.255 e. The molecule has 2 aromatic carbocycles. The topological polar surface area (TPSA) is 83.5 Å². The lowest BCUT2D eigenvalue weighted by Gasteiger charge is -2.40. The molecule has 2 fully saturated rings. The molecule has 0 aromatic heterocycles. The molecule has 4 rings (SSSR count). The number of anilines is 1. The number of hydrogen-bond donors (Lipinski definition) is 2. The van der Waals surface area contributed by atoms with E-state index in [2.05, 4.69) is 5.32 Å². The summed E-state index contributed by atoms with van der Waals surface area (Å²) >= 11 is 6.22. The summed E-state index contributed by atoms with van der Waals surface area (Å²) in [7, 11) is -3.87. The minimum absolute atomic E-state index is 0.00658. The Labute approximate surface area is 190 Å². The van der Waals surface area contributed by atoms with Crippen molar-refractivity contribution in [3.63, 3.8) is 0 Å². The van der Waals surface area contributed by atoms with Crippen molar-refractivity contribution in [2.45, 2.75) is 48.9 Å². The third-order valence-electron chi connectivity index (χ3n) is 7.10. The fourth-order valence-corrected chi connectivity index (χ4v) is 7.68. The zero-order valence-corrected chi connectivity index (χ0v) is 19.2. The summed E-state index contributed by atoms with van der Waals surface area (Å²) in [6.07, 6.45) is 1.43. The Bertz CT molecular complexity index is 1180. The van der Waals surface area contributed by atoms with Crippen molar-refractivity contribution in [3.05, 3.63) is 58.6 Å². The minimum Gasteiger partial charge on any atom is -0.390 e. The van der Waals surface area contributed by atoms with Gasteiger partial charge in [-0.2, -0.15) is 0 Å². The summed E-state index contributed by atoms with van der Waals surface area (Å²) in [5, 5.41) is 12.6. The Morgan fingerprint density at radius 3 is 2.50 bits per heavy atom. The Kier molecular flexibility index (Phi) is 5.84. The molecule has 9 heteroatoms. The van der Waals surface area contributed by atoms with E-state index >= 15 is 0 Å². The Balaban J connectivity index is 1.61.